The molecule has 45 heavy (non-hydrogen) atoms. The van der Waals surface area contributed by atoms with Crippen LogP contribution in [-0.4, -0.2) is 36.9 Å². The third-order valence-corrected chi connectivity index (χ3v) is 9.87. The van der Waals surface area contributed by atoms with Crippen molar-refractivity contribution in [2.45, 2.75) is 23.8 Å². The van der Waals surface area contributed by atoms with Gasteiger partial charge in [0.15, 0.2) is 0 Å². The Morgan fingerprint density at radius 3 is 2.00 bits per heavy atom. The molecule has 1 atom stereocenters. The number of halogens is 1. The molecular formula is C37H30FNO5S. The largest absolute Gasteiger partial charge is 0.480 e. The Labute approximate surface area is 261 Å². The smallest absolute Gasteiger partial charge is 0.322 e. The second-order valence-corrected chi connectivity index (χ2v) is 12.8. The third-order valence-electron chi connectivity index (χ3n) is 7.97. The zero-order valence-corrected chi connectivity index (χ0v) is 25.2. The summed E-state index contributed by atoms with van der Waals surface area (Å²) in [4.78, 5) is 11.5. The van der Waals surface area contributed by atoms with Crippen molar-refractivity contribution < 1.29 is 27.1 Å². The highest BCUT2D eigenvalue weighted by atomic mass is 32.2. The Morgan fingerprint density at radius 1 is 0.778 bits per heavy atom. The highest BCUT2D eigenvalue weighted by Gasteiger charge is 2.34. The van der Waals surface area contributed by atoms with E-state index in [2.05, 4.69) is 12.1 Å². The molecule has 1 aromatic heterocycles. The van der Waals surface area contributed by atoms with E-state index in [4.69, 9.17) is 4.42 Å². The van der Waals surface area contributed by atoms with Gasteiger partial charge in [-0.3, -0.25) is 4.79 Å². The van der Waals surface area contributed by atoms with Crippen molar-refractivity contribution >= 4 is 27.0 Å². The van der Waals surface area contributed by atoms with Crippen LogP contribution >= 0.6 is 0 Å². The maximum atomic E-state index is 15.5. The fourth-order valence-corrected chi connectivity index (χ4v) is 6.92. The average molecular weight is 620 g/mol. The van der Waals surface area contributed by atoms with Crippen LogP contribution in [-0.2, 0) is 27.7 Å². The molecule has 1 unspecified atom stereocenters. The third kappa shape index (κ3) is 6.16. The Kier molecular flexibility index (Phi) is 8.34. The van der Waals surface area contributed by atoms with Crippen LogP contribution in [0.25, 0.3) is 33.2 Å². The number of hydrogen-bond donors (Lipinski definition) is 1. The molecule has 0 amide bonds. The molecule has 8 heteroatoms. The Bertz CT molecular complexity index is 2080. The minimum atomic E-state index is -4.45. The van der Waals surface area contributed by atoms with Crippen LogP contribution in [0.2, 0.25) is 0 Å². The summed E-state index contributed by atoms with van der Waals surface area (Å²) in [6.45, 7) is 0. The van der Waals surface area contributed by atoms with Gasteiger partial charge in [0.2, 0.25) is 10.0 Å². The van der Waals surface area contributed by atoms with Gasteiger partial charge in [-0.05, 0) is 52.4 Å². The fraction of sp³-hybridized carbons (Fsp3) is 0.108. The zero-order valence-electron chi connectivity index (χ0n) is 24.4. The van der Waals surface area contributed by atoms with Crippen molar-refractivity contribution in [3.8, 4) is 22.3 Å². The molecule has 0 aliphatic carbocycles. The summed E-state index contributed by atoms with van der Waals surface area (Å²) in [5, 5.41) is 10.8. The van der Waals surface area contributed by atoms with Crippen molar-refractivity contribution in [1.82, 2.24) is 4.31 Å². The molecule has 0 radical (unpaired) electrons. The van der Waals surface area contributed by atoms with E-state index in [1.807, 2.05) is 66.7 Å². The lowest BCUT2D eigenvalue weighted by atomic mass is 9.96. The molecule has 6 nitrogen and oxygen atoms in total. The second kappa shape index (κ2) is 12.5. The zero-order chi connectivity index (χ0) is 31.6. The van der Waals surface area contributed by atoms with Gasteiger partial charge in [-0.2, -0.15) is 4.31 Å². The number of aliphatic carboxylic acids is 1. The van der Waals surface area contributed by atoms with Gasteiger partial charge in [0.1, 0.15) is 28.1 Å². The maximum Gasteiger partial charge on any atom is 0.322 e. The molecule has 0 fully saturated rings. The van der Waals surface area contributed by atoms with E-state index in [0.29, 0.717) is 23.1 Å². The first kappa shape index (κ1) is 30.0. The van der Waals surface area contributed by atoms with Crippen molar-refractivity contribution in [2.24, 2.45) is 0 Å². The van der Waals surface area contributed by atoms with E-state index >= 15 is 4.39 Å². The van der Waals surface area contributed by atoms with Gasteiger partial charge in [-0.15, -0.1) is 0 Å². The number of rotatable bonds is 10. The van der Waals surface area contributed by atoms with Gasteiger partial charge in [0, 0.05) is 24.4 Å². The first-order valence-electron chi connectivity index (χ1n) is 14.4. The minimum absolute atomic E-state index is 0.0586. The van der Waals surface area contributed by atoms with Gasteiger partial charge in [0.05, 0.1) is 0 Å². The molecular weight excluding hydrogens is 589 g/mol. The SMILES string of the molecule is CN(C(Cc1ccccc1)C(=O)O)S(=O)(=O)c1ccc(-c2ccc(-c3c(Cc4ccccc4)oc4ccccc34)cc2)cc1F. The lowest BCUT2D eigenvalue weighted by Crippen LogP contribution is -2.44. The van der Waals surface area contributed by atoms with Crippen molar-refractivity contribution in [3.05, 3.63) is 150 Å². The topological polar surface area (TPSA) is 87.8 Å². The van der Waals surface area contributed by atoms with Crippen molar-refractivity contribution in [2.75, 3.05) is 7.05 Å². The first-order valence-corrected chi connectivity index (χ1v) is 15.9. The van der Waals surface area contributed by atoms with Crippen molar-refractivity contribution in [1.29, 1.82) is 0 Å². The molecule has 1 heterocycles. The van der Waals surface area contributed by atoms with E-state index in [1.165, 1.54) is 12.1 Å². The van der Waals surface area contributed by atoms with Crippen LogP contribution in [0.15, 0.2) is 137 Å². The maximum absolute atomic E-state index is 15.5. The number of carboxylic acid groups (broad SMARTS) is 1. The number of likely N-dealkylation sites (N-methyl/N-ethyl adjacent to an activating group) is 1. The summed E-state index contributed by atoms with van der Waals surface area (Å²) in [6.07, 6.45) is 0.563. The summed E-state index contributed by atoms with van der Waals surface area (Å²) in [6, 6.07) is 36.7. The first-order chi connectivity index (χ1) is 21.7. The molecule has 1 N–H and O–H groups in total. The van der Waals surface area contributed by atoms with Crippen LogP contribution < -0.4 is 0 Å². The number of nitrogens with zero attached hydrogens (tertiary/aromatic N) is 1. The van der Waals surface area contributed by atoms with Crippen LogP contribution in [0.5, 0.6) is 0 Å². The Hall–Kier alpha value is -5.05. The summed E-state index contributed by atoms with van der Waals surface area (Å²) in [5.74, 6) is -1.44. The number of sulfonamides is 1. The van der Waals surface area contributed by atoms with E-state index in [9.17, 15) is 18.3 Å². The molecule has 6 rings (SSSR count). The number of carboxylic acids is 1. The molecule has 0 saturated carbocycles. The Balaban J connectivity index is 1.28. The number of fused-ring (bicyclic) bond motifs is 1. The monoisotopic (exact) mass is 619 g/mol. The molecule has 0 aliphatic heterocycles. The van der Waals surface area contributed by atoms with Gasteiger partial charge in [0.25, 0.3) is 0 Å². The number of para-hydroxylation sites is 1. The van der Waals surface area contributed by atoms with Crippen LogP contribution in [0.1, 0.15) is 16.9 Å². The summed E-state index contributed by atoms with van der Waals surface area (Å²) in [5.41, 5.74) is 5.68. The predicted octanol–water partition coefficient (Wildman–Crippen LogP) is 7.81. The molecule has 0 bridgehead atoms. The number of furan rings is 1. The number of carbonyl (C=O) groups is 1. The normalized spacial score (nSPS) is 12.4. The molecule has 226 valence electrons. The summed E-state index contributed by atoms with van der Waals surface area (Å²) >= 11 is 0. The second-order valence-electron chi connectivity index (χ2n) is 10.8. The lowest BCUT2D eigenvalue weighted by molar-refractivity contribution is -0.141. The quantitative estimate of drug-likeness (QED) is 0.169. The molecule has 6 aromatic rings. The molecule has 0 spiro atoms. The van der Waals surface area contributed by atoms with E-state index in [0.717, 1.165) is 50.8 Å². The van der Waals surface area contributed by atoms with Gasteiger partial charge in [-0.25, -0.2) is 12.8 Å². The Morgan fingerprint density at radius 2 is 1.36 bits per heavy atom. The lowest BCUT2D eigenvalue weighted by Gasteiger charge is -2.24. The van der Waals surface area contributed by atoms with Gasteiger partial charge < -0.3 is 9.52 Å². The number of benzene rings is 5. The summed E-state index contributed by atoms with van der Waals surface area (Å²) in [7, 11) is -3.29. The van der Waals surface area contributed by atoms with E-state index in [1.54, 1.807) is 30.3 Å². The minimum Gasteiger partial charge on any atom is -0.480 e. The number of hydrogen-bond acceptors (Lipinski definition) is 4. The standard InChI is InChI=1S/C37H30FNO5S/c1-39(32(37(40)41)22-25-10-4-2-5-11-25)45(42,43)35-21-20-29(24-31(35)38)27-16-18-28(19-17-27)36-30-14-8-9-15-33(30)44-34(36)23-26-12-6-3-7-13-26/h2-21,24,32H,22-23H2,1H3,(H,40,41). The van der Waals surface area contributed by atoms with E-state index in [-0.39, 0.29) is 6.42 Å². The van der Waals surface area contributed by atoms with Crippen LogP contribution in [0.4, 0.5) is 4.39 Å². The van der Waals surface area contributed by atoms with Gasteiger partial charge in [-0.1, -0.05) is 109 Å². The molecule has 5 aromatic carbocycles. The van der Waals surface area contributed by atoms with Crippen LogP contribution in [0, 0.1) is 5.82 Å². The van der Waals surface area contributed by atoms with E-state index < -0.39 is 32.7 Å². The average Bonchev–Trinajstić information content (AvgIpc) is 3.41. The predicted molar refractivity (Wildman–Crippen MR) is 173 cm³/mol. The van der Waals surface area contributed by atoms with Crippen molar-refractivity contribution in [3.63, 3.8) is 0 Å². The molecule has 0 saturated heterocycles. The highest BCUT2D eigenvalue weighted by Crippen LogP contribution is 2.37. The fourth-order valence-electron chi connectivity index (χ4n) is 5.57. The van der Waals surface area contributed by atoms with Gasteiger partial charge >= 0.3 is 5.97 Å². The highest BCUT2D eigenvalue weighted by molar-refractivity contribution is 7.89. The summed E-state index contributed by atoms with van der Waals surface area (Å²) < 4.78 is 49.2. The molecule has 0 aliphatic rings. The van der Waals surface area contributed by atoms with Crippen LogP contribution in [0.3, 0.4) is 0 Å².